The number of halogens is 1. The molecule has 0 bridgehead atoms. The minimum absolute atomic E-state index is 0.0172. The van der Waals surface area contributed by atoms with Crippen LogP contribution in [0.15, 0.2) is 28.7 Å². The Morgan fingerprint density at radius 1 is 1.35 bits per heavy atom. The number of carbonyl (C=O) groups excluding carboxylic acids is 1. The fourth-order valence-electron chi connectivity index (χ4n) is 3.89. The first-order valence-electron chi connectivity index (χ1n) is 8.44. The highest BCUT2D eigenvalue weighted by Gasteiger charge is 2.49. The number of likely N-dealkylation sites (N-methyl/N-ethyl adjacent to an activating group) is 1. The number of rotatable bonds is 4. The molecule has 1 aliphatic carbocycles. The molecular formula is C18H24BrN3O. The Bertz CT molecular complexity index is 612. The average molecular weight is 378 g/mol. The van der Waals surface area contributed by atoms with Crippen molar-refractivity contribution in [2.75, 3.05) is 7.05 Å². The molecule has 3 rings (SSSR count). The first-order chi connectivity index (χ1) is 11.0. The van der Waals surface area contributed by atoms with E-state index in [1.54, 1.807) is 7.05 Å². The van der Waals surface area contributed by atoms with Gasteiger partial charge in [0, 0.05) is 11.5 Å². The maximum absolute atomic E-state index is 12.9. The summed E-state index contributed by atoms with van der Waals surface area (Å²) in [6.45, 7) is 0. The van der Waals surface area contributed by atoms with E-state index in [1.807, 2.05) is 24.3 Å². The summed E-state index contributed by atoms with van der Waals surface area (Å²) in [5.41, 5.74) is 0.161. The van der Waals surface area contributed by atoms with E-state index in [2.05, 4.69) is 21.2 Å². The van der Waals surface area contributed by atoms with Gasteiger partial charge in [0.05, 0.1) is 0 Å². The van der Waals surface area contributed by atoms with Crippen molar-refractivity contribution in [3.8, 4) is 0 Å². The molecule has 4 nitrogen and oxygen atoms in total. The molecule has 0 spiro atoms. The Labute approximate surface area is 146 Å². The smallest absolute Gasteiger partial charge is 0.259 e. The molecule has 1 saturated carbocycles. The van der Waals surface area contributed by atoms with Crippen LogP contribution in [-0.2, 0) is 10.3 Å². The summed E-state index contributed by atoms with van der Waals surface area (Å²) in [7, 11) is 1.68. The number of hydrogen-bond donors (Lipinski definition) is 2. The topological polar surface area (TPSA) is 56.2 Å². The lowest BCUT2D eigenvalue weighted by molar-refractivity contribution is -0.131. The third-order valence-corrected chi connectivity index (χ3v) is 5.80. The van der Waals surface area contributed by atoms with Crippen LogP contribution in [0.2, 0.25) is 0 Å². The van der Waals surface area contributed by atoms with Crippen LogP contribution in [0.4, 0.5) is 0 Å². The van der Waals surface area contributed by atoms with Crippen LogP contribution in [0.25, 0.3) is 0 Å². The van der Waals surface area contributed by atoms with Crippen LogP contribution < -0.4 is 5.32 Å². The van der Waals surface area contributed by atoms with Crippen molar-refractivity contribution >= 4 is 27.8 Å². The van der Waals surface area contributed by atoms with Crippen molar-refractivity contribution in [1.82, 2.24) is 10.2 Å². The lowest BCUT2D eigenvalue weighted by Crippen LogP contribution is -2.44. The largest absolute Gasteiger partial charge is 0.338 e. The van der Waals surface area contributed by atoms with E-state index in [1.165, 1.54) is 37.0 Å². The molecule has 2 N–H and O–H groups in total. The number of amides is 1. The maximum Gasteiger partial charge on any atom is 0.259 e. The number of nitrogens with zero attached hydrogens (tertiary/aromatic N) is 1. The van der Waals surface area contributed by atoms with E-state index < -0.39 is 5.54 Å². The van der Waals surface area contributed by atoms with E-state index in [0.717, 1.165) is 22.9 Å². The molecule has 1 aromatic carbocycles. The summed E-state index contributed by atoms with van der Waals surface area (Å²) in [6.07, 6.45) is 8.30. The van der Waals surface area contributed by atoms with Gasteiger partial charge in [-0.3, -0.25) is 15.1 Å². The van der Waals surface area contributed by atoms with E-state index in [4.69, 9.17) is 5.41 Å². The van der Waals surface area contributed by atoms with Gasteiger partial charge in [-0.2, -0.15) is 0 Å². The van der Waals surface area contributed by atoms with E-state index in [9.17, 15) is 4.79 Å². The van der Waals surface area contributed by atoms with E-state index in [0.29, 0.717) is 5.92 Å². The Morgan fingerprint density at radius 2 is 2.09 bits per heavy atom. The summed E-state index contributed by atoms with van der Waals surface area (Å²) in [6, 6.07) is 7.91. The van der Waals surface area contributed by atoms with Crippen molar-refractivity contribution in [2.45, 2.75) is 50.5 Å². The summed E-state index contributed by atoms with van der Waals surface area (Å²) >= 11 is 3.50. The zero-order valence-corrected chi connectivity index (χ0v) is 15.2. The summed E-state index contributed by atoms with van der Waals surface area (Å²) in [5.74, 6) is 0.887. The highest BCUT2D eigenvalue weighted by Crippen LogP contribution is 2.37. The summed E-state index contributed by atoms with van der Waals surface area (Å²) in [4.78, 5) is 14.4. The lowest BCUT2D eigenvalue weighted by Gasteiger charge is -2.30. The summed E-state index contributed by atoms with van der Waals surface area (Å²) in [5, 5.41) is 11.2. The number of carbonyl (C=O) groups is 1. The second-order valence-electron chi connectivity index (χ2n) is 6.80. The van der Waals surface area contributed by atoms with Crippen LogP contribution in [0, 0.1) is 11.3 Å². The Kier molecular flexibility index (Phi) is 4.76. The molecule has 2 aliphatic rings. The zero-order chi connectivity index (χ0) is 16.4. The van der Waals surface area contributed by atoms with Crippen molar-refractivity contribution in [1.29, 1.82) is 5.41 Å². The van der Waals surface area contributed by atoms with Gasteiger partial charge in [0.25, 0.3) is 5.91 Å². The lowest BCUT2D eigenvalue weighted by atomic mass is 9.79. The Balaban J connectivity index is 1.88. The molecule has 1 aromatic rings. The molecule has 1 unspecified atom stereocenters. The normalized spacial score (nSPS) is 25.7. The highest BCUT2D eigenvalue weighted by molar-refractivity contribution is 9.10. The summed E-state index contributed by atoms with van der Waals surface area (Å²) < 4.78 is 0.961. The molecule has 2 fully saturated rings. The molecule has 23 heavy (non-hydrogen) atoms. The van der Waals surface area contributed by atoms with Gasteiger partial charge < -0.3 is 5.32 Å². The zero-order valence-electron chi connectivity index (χ0n) is 13.6. The predicted molar refractivity (Wildman–Crippen MR) is 95.3 cm³/mol. The van der Waals surface area contributed by atoms with Crippen LogP contribution >= 0.6 is 15.9 Å². The fraction of sp³-hybridized carbons (Fsp3) is 0.556. The Morgan fingerprint density at radius 3 is 2.70 bits per heavy atom. The number of nitrogens with one attached hydrogen (secondary N) is 2. The second-order valence-corrected chi connectivity index (χ2v) is 7.71. The third-order valence-electron chi connectivity index (χ3n) is 5.31. The molecule has 1 heterocycles. The number of benzene rings is 1. The van der Waals surface area contributed by atoms with Crippen LogP contribution in [0.3, 0.4) is 0 Å². The van der Waals surface area contributed by atoms with Gasteiger partial charge in [0.1, 0.15) is 5.54 Å². The minimum atomic E-state index is -0.785. The number of hydrogen-bond acceptors (Lipinski definition) is 2. The van der Waals surface area contributed by atoms with Gasteiger partial charge in [-0.1, -0.05) is 60.2 Å². The highest BCUT2D eigenvalue weighted by atomic mass is 79.9. The predicted octanol–water partition coefficient (Wildman–Crippen LogP) is 4.00. The van der Waals surface area contributed by atoms with Gasteiger partial charge in [-0.15, -0.1) is 0 Å². The molecule has 124 valence electrons. The first kappa shape index (κ1) is 16.5. The van der Waals surface area contributed by atoms with Crippen LogP contribution in [-0.4, -0.2) is 23.8 Å². The molecule has 1 amide bonds. The van der Waals surface area contributed by atoms with Gasteiger partial charge >= 0.3 is 0 Å². The third kappa shape index (κ3) is 3.16. The van der Waals surface area contributed by atoms with Gasteiger partial charge in [-0.05, 0) is 36.5 Å². The second kappa shape index (κ2) is 6.63. The van der Waals surface area contributed by atoms with Gasteiger partial charge in [0.15, 0.2) is 5.96 Å². The monoisotopic (exact) mass is 377 g/mol. The molecule has 1 atom stereocenters. The van der Waals surface area contributed by atoms with Gasteiger partial charge in [-0.25, -0.2) is 0 Å². The SMILES string of the molecule is CN1C(=N)NC(CCC2CCCCC2)(c2cccc(Br)c2)C1=O. The first-order valence-corrected chi connectivity index (χ1v) is 9.23. The standard InChI is InChI=1S/C18H24BrN3O/c1-22-16(23)18(21-17(22)20,14-8-5-9-15(19)12-14)11-10-13-6-3-2-4-7-13/h5,8-9,12-13H,2-4,6-7,10-11H2,1H3,(H2,20,21). The quantitative estimate of drug-likeness (QED) is 0.832. The fourth-order valence-corrected chi connectivity index (χ4v) is 4.29. The minimum Gasteiger partial charge on any atom is -0.338 e. The number of guanidine groups is 1. The van der Waals surface area contributed by atoms with Crippen molar-refractivity contribution in [2.24, 2.45) is 5.92 Å². The van der Waals surface area contributed by atoms with E-state index >= 15 is 0 Å². The van der Waals surface area contributed by atoms with Crippen molar-refractivity contribution in [3.63, 3.8) is 0 Å². The molecule has 0 aromatic heterocycles. The maximum atomic E-state index is 12.9. The Hall–Kier alpha value is -1.36. The molecular weight excluding hydrogens is 354 g/mol. The van der Waals surface area contributed by atoms with Crippen molar-refractivity contribution in [3.05, 3.63) is 34.3 Å². The van der Waals surface area contributed by atoms with Gasteiger partial charge in [0.2, 0.25) is 0 Å². The average Bonchev–Trinajstić information content (AvgIpc) is 2.79. The van der Waals surface area contributed by atoms with Crippen LogP contribution in [0.5, 0.6) is 0 Å². The van der Waals surface area contributed by atoms with E-state index in [-0.39, 0.29) is 11.9 Å². The molecule has 5 heteroatoms. The van der Waals surface area contributed by atoms with Crippen molar-refractivity contribution < 1.29 is 4.79 Å². The molecule has 0 radical (unpaired) electrons. The molecule has 1 saturated heterocycles. The molecule has 1 aliphatic heterocycles. The van der Waals surface area contributed by atoms with Crippen LogP contribution in [0.1, 0.15) is 50.5 Å².